The van der Waals surface area contributed by atoms with Crippen LogP contribution in [-0.2, 0) is 4.74 Å². The second-order valence-electron chi connectivity index (χ2n) is 4.10. The van der Waals surface area contributed by atoms with Crippen molar-refractivity contribution in [2.24, 2.45) is 0 Å². The molecular weight excluding hydrogens is 313 g/mol. The molecule has 0 aliphatic heterocycles. The molecule has 0 saturated carbocycles. The Morgan fingerprint density at radius 2 is 2.10 bits per heavy atom. The van der Waals surface area contributed by atoms with E-state index < -0.39 is 5.97 Å². The number of halogens is 2. The zero-order valence-corrected chi connectivity index (χ0v) is 12.7. The Bertz CT molecular complexity index is 677. The molecule has 1 aromatic heterocycles. The number of ether oxygens (including phenoxy) is 1. The largest absolute Gasteiger partial charge is 0.462 e. The summed E-state index contributed by atoms with van der Waals surface area (Å²) in [6, 6.07) is 6.53. The number of hydrogen-bond donors (Lipinski definition) is 2. The number of nitrogens with one attached hydrogen (secondary N) is 1. The number of aromatic nitrogens is 1. The molecule has 0 fully saturated rings. The van der Waals surface area contributed by atoms with Gasteiger partial charge in [0.05, 0.1) is 27.9 Å². The number of anilines is 3. The van der Waals surface area contributed by atoms with Crippen molar-refractivity contribution < 1.29 is 9.53 Å². The standard InChI is InChI=1S/C14H13Cl2N3O2/c1-2-21-14(20)9-5-6-18-13(12(9)17)19-8-3-4-10(15)11(16)7-8/h3-7H,2,17H2,1H3,(H,18,19). The zero-order valence-electron chi connectivity index (χ0n) is 11.2. The Hall–Kier alpha value is -1.98. The van der Waals surface area contributed by atoms with E-state index in [0.717, 1.165) is 0 Å². The molecule has 0 aliphatic carbocycles. The Morgan fingerprint density at radius 1 is 1.33 bits per heavy atom. The van der Waals surface area contributed by atoms with Gasteiger partial charge in [-0.1, -0.05) is 23.2 Å². The molecule has 0 bridgehead atoms. The summed E-state index contributed by atoms with van der Waals surface area (Å²) in [4.78, 5) is 15.9. The first-order valence-corrected chi connectivity index (χ1v) is 6.92. The monoisotopic (exact) mass is 325 g/mol. The predicted octanol–water partition coefficient (Wildman–Crippen LogP) is 3.89. The number of nitrogens with zero attached hydrogens (tertiary/aromatic N) is 1. The third-order valence-corrected chi connectivity index (χ3v) is 3.41. The molecule has 0 spiro atoms. The molecule has 0 atom stereocenters. The summed E-state index contributed by atoms with van der Waals surface area (Å²) >= 11 is 11.8. The minimum Gasteiger partial charge on any atom is -0.462 e. The van der Waals surface area contributed by atoms with Crippen LogP contribution in [0.3, 0.4) is 0 Å². The van der Waals surface area contributed by atoms with E-state index in [4.69, 9.17) is 33.7 Å². The van der Waals surface area contributed by atoms with E-state index in [-0.39, 0.29) is 17.9 Å². The summed E-state index contributed by atoms with van der Waals surface area (Å²) in [6.45, 7) is 2.00. The van der Waals surface area contributed by atoms with Crippen molar-refractivity contribution in [3.05, 3.63) is 46.1 Å². The lowest BCUT2D eigenvalue weighted by Gasteiger charge is -2.11. The molecule has 7 heteroatoms. The Morgan fingerprint density at radius 3 is 2.76 bits per heavy atom. The number of esters is 1. The number of carbonyl (C=O) groups is 1. The second kappa shape index (κ2) is 6.65. The maximum atomic E-state index is 11.8. The summed E-state index contributed by atoms with van der Waals surface area (Å²) in [6.07, 6.45) is 1.47. The van der Waals surface area contributed by atoms with Gasteiger partial charge in [-0.05, 0) is 31.2 Å². The number of carbonyl (C=O) groups excluding carboxylic acids is 1. The number of pyridine rings is 1. The summed E-state index contributed by atoms with van der Waals surface area (Å²) < 4.78 is 4.94. The normalized spacial score (nSPS) is 10.2. The van der Waals surface area contributed by atoms with Crippen LogP contribution in [0.5, 0.6) is 0 Å². The van der Waals surface area contributed by atoms with Crippen molar-refractivity contribution in [3.63, 3.8) is 0 Å². The number of hydrogen-bond acceptors (Lipinski definition) is 5. The molecule has 3 N–H and O–H groups in total. The number of benzene rings is 1. The molecule has 0 aliphatic rings. The second-order valence-corrected chi connectivity index (χ2v) is 4.91. The fourth-order valence-electron chi connectivity index (χ4n) is 1.67. The van der Waals surface area contributed by atoms with Gasteiger partial charge in [0, 0.05) is 11.9 Å². The van der Waals surface area contributed by atoms with Crippen LogP contribution in [0, 0.1) is 0 Å². The fraction of sp³-hybridized carbons (Fsp3) is 0.143. The third-order valence-electron chi connectivity index (χ3n) is 2.67. The SMILES string of the molecule is CCOC(=O)c1ccnc(Nc2ccc(Cl)c(Cl)c2)c1N. The van der Waals surface area contributed by atoms with Gasteiger partial charge in [-0.2, -0.15) is 0 Å². The van der Waals surface area contributed by atoms with Crippen molar-refractivity contribution in [3.8, 4) is 0 Å². The highest BCUT2D eigenvalue weighted by Gasteiger charge is 2.14. The van der Waals surface area contributed by atoms with Crippen LogP contribution in [0.25, 0.3) is 0 Å². The summed E-state index contributed by atoms with van der Waals surface area (Å²) in [5.74, 6) is -0.145. The van der Waals surface area contributed by atoms with Crippen molar-refractivity contribution in [2.75, 3.05) is 17.7 Å². The quantitative estimate of drug-likeness (QED) is 0.834. The summed E-state index contributed by atoms with van der Waals surface area (Å²) in [7, 11) is 0. The molecule has 1 aromatic carbocycles. The van der Waals surface area contributed by atoms with E-state index in [1.54, 1.807) is 25.1 Å². The first-order valence-electron chi connectivity index (χ1n) is 6.16. The molecule has 1 heterocycles. The predicted molar refractivity (Wildman–Crippen MR) is 84.4 cm³/mol. The van der Waals surface area contributed by atoms with Crippen LogP contribution in [0.1, 0.15) is 17.3 Å². The zero-order chi connectivity index (χ0) is 15.4. The van der Waals surface area contributed by atoms with Gasteiger partial charge in [0.2, 0.25) is 0 Å². The van der Waals surface area contributed by atoms with Crippen molar-refractivity contribution >= 4 is 46.4 Å². The minimum absolute atomic E-state index is 0.210. The van der Waals surface area contributed by atoms with Crippen LogP contribution in [0.4, 0.5) is 17.2 Å². The van der Waals surface area contributed by atoms with E-state index in [1.165, 1.54) is 12.3 Å². The van der Waals surface area contributed by atoms with Gasteiger partial charge < -0.3 is 15.8 Å². The lowest BCUT2D eigenvalue weighted by Crippen LogP contribution is -2.10. The van der Waals surface area contributed by atoms with Crippen LogP contribution in [-0.4, -0.2) is 17.6 Å². The first kappa shape index (κ1) is 15.4. The summed E-state index contributed by atoms with van der Waals surface area (Å²) in [5.41, 5.74) is 7.07. The smallest absolute Gasteiger partial charge is 0.340 e. The van der Waals surface area contributed by atoms with Gasteiger partial charge in [0.1, 0.15) is 0 Å². The number of nitrogen functional groups attached to an aromatic ring is 1. The van der Waals surface area contributed by atoms with Gasteiger partial charge >= 0.3 is 5.97 Å². The van der Waals surface area contributed by atoms with Gasteiger partial charge in [-0.3, -0.25) is 0 Å². The third kappa shape index (κ3) is 3.56. The van der Waals surface area contributed by atoms with Crippen LogP contribution >= 0.6 is 23.2 Å². The average molecular weight is 326 g/mol. The number of nitrogens with two attached hydrogens (primary N) is 1. The lowest BCUT2D eigenvalue weighted by atomic mass is 10.2. The molecule has 0 saturated heterocycles. The molecular formula is C14H13Cl2N3O2. The van der Waals surface area contributed by atoms with Gasteiger partial charge in [0.25, 0.3) is 0 Å². The first-order chi connectivity index (χ1) is 10.0. The molecule has 110 valence electrons. The van der Waals surface area contributed by atoms with Crippen LogP contribution in [0.2, 0.25) is 10.0 Å². The Labute approximate surface area is 132 Å². The van der Waals surface area contributed by atoms with Crippen molar-refractivity contribution in [1.82, 2.24) is 4.98 Å². The molecule has 5 nitrogen and oxygen atoms in total. The number of rotatable bonds is 4. The van der Waals surface area contributed by atoms with E-state index in [2.05, 4.69) is 10.3 Å². The topological polar surface area (TPSA) is 77.2 Å². The van der Waals surface area contributed by atoms with Crippen molar-refractivity contribution in [1.29, 1.82) is 0 Å². The van der Waals surface area contributed by atoms with Gasteiger partial charge in [-0.15, -0.1) is 0 Å². The van der Waals surface area contributed by atoms with Gasteiger partial charge in [-0.25, -0.2) is 9.78 Å². The van der Waals surface area contributed by atoms with Crippen LogP contribution in [0.15, 0.2) is 30.5 Å². The van der Waals surface area contributed by atoms with E-state index >= 15 is 0 Å². The van der Waals surface area contributed by atoms with E-state index in [0.29, 0.717) is 21.6 Å². The highest BCUT2D eigenvalue weighted by atomic mass is 35.5. The average Bonchev–Trinajstić information content (AvgIpc) is 2.45. The molecule has 0 amide bonds. The highest BCUT2D eigenvalue weighted by Crippen LogP contribution is 2.29. The Balaban J connectivity index is 2.30. The molecule has 0 unspecified atom stereocenters. The van der Waals surface area contributed by atoms with E-state index in [9.17, 15) is 4.79 Å². The van der Waals surface area contributed by atoms with Gasteiger partial charge in [0.15, 0.2) is 5.82 Å². The Kier molecular flexibility index (Phi) is 4.88. The fourth-order valence-corrected chi connectivity index (χ4v) is 1.97. The highest BCUT2D eigenvalue weighted by molar-refractivity contribution is 6.42. The molecule has 2 rings (SSSR count). The minimum atomic E-state index is -0.491. The summed E-state index contributed by atoms with van der Waals surface area (Å²) in [5, 5.41) is 3.84. The maximum absolute atomic E-state index is 11.8. The van der Waals surface area contributed by atoms with Crippen LogP contribution < -0.4 is 11.1 Å². The molecule has 2 aromatic rings. The maximum Gasteiger partial charge on any atom is 0.340 e. The van der Waals surface area contributed by atoms with Crippen molar-refractivity contribution in [2.45, 2.75) is 6.92 Å². The molecule has 21 heavy (non-hydrogen) atoms. The van der Waals surface area contributed by atoms with E-state index in [1.807, 2.05) is 0 Å². The molecule has 0 radical (unpaired) electrons. The lowest BCUT2D eigenvalue weighted by molar-refractivity contribution is 0.0527.